The molecular weight excluding hydrogens is 134 g/mol. The fraction of sp³-hybridized carbons (Fsp3) is 1.00. The predicted molar refractivity (Wildman–Crippen MR) is 47.5 cm³/mol. The number of hydrogen-bond acceptors (Lipinski definition) is 1. The van der Waals surface area contributed by atoms with Crippen molar-refractivity contribution in [3.8, 4) is 0 Å². The largest absolute Gasteiger partial charge is 0.313 e. The van der Waals surface area contributed by atoms with Crippen LogP contribution in [-0.4, -0.2) is 12.6 Å². The lowest BCUT2D eigenvalue weighted by molar-refractivity contribution is 0.264. The molecule has 0 radical (unpaired) electrons. The van der Waals surface area contributed by atoms with Gasteiger partial charge in [-0.2, -0.15) is 0 Å². The Balaban J connectivity index is 2.13. The predicted octanol–water partition coefficient (Wildman–Crippen LogP) is 2.03. The van der Waals surface area contributed by atoms with Crippen molar-refractivity contribution in [3.63, 3.8) is 0 Å². The van der Waals surface area contributed by atoms with Gasteiger partial charge in [-0.3, -0.25) is 0 Å². The molecule has 0 unspecified atom stereocenters. The molecule has 1 aliphatic carbocycles. The molecule has 0 aromatic carbocycles. The van der Waals surface area contributed by atoms with Crippen LogP contribution in [0.15, 0.2) is 0 Å². The van der Waals surface area contributed by atoms with E-state index in [-0.39, 0.29) is 0 Å². The zero-order valence-electron chi connectivity index (χ0n) is 7.85. The Hall–Kier alpha value is -0.0400. The molecule has 2 atom stereocenters. The summed E-state index contributed by atoms with van der Waals surface area (Å²) < 4.78 is 0. The van der Waals surface area contributed by atoms with Gasteiger partial charge in [0.05, 0.1) is 0 Å². The lowest BCUT2D eigenvalue weighted by Crippen LogP contribution is -2.27. The van der Waals surface area contributed by atoms with Crippen molar-refractivity contribution in [2.24, 2.45) is 17.3 Å². The van der Waals surface area contributed by atoms with E-state index in [1.807, 2.05) is 0 Å². The second-order valence-electron chi connectivity index (χ2n) is 4.80. The summed E-state index contributed by atoms with van der Waals surface area (Å²) in [4.78, 5) is 0. The minimum absolute atomic E-state index is 0.744. The molecule has 0 aromatic rings. The minimum Gasteiger partial charge on any atom is -0.313 e. The highest BCUT2D eigenvalue weighted by atomic mass is 15.0. The lowest BCUT2D eigenvalue weighted by Gasteiger charge is -2.25. The maximum Gasteiger partial charge on any atom is 0.00754 e. The van der Waals surface area contributed by atoms with Crippen LogP contribution in [0.5, 0.6) is 0 Å². The molecule has 1 heterocycles. The Morgan fingerprint density at radius 2 is 2.00 bits per heavy atom. The van der Waals surface area contributed by atoms with Crippen LogP contribution in [0.25, 0.3) is 0 Å². The average molecular weight is 153 g/mol. The second-order valence-corrected chi connectivity index (χ2v) is 4.80. The molecule has 11 heavy (non-hydrogen) atoms. The summed E-state index contributed by atoms with van der Waals surface area (Å²) >= 11 is 0. The van der Waals surface area contributed by atoms with Crippen LogP contribution >= 0.6 is 0 Å². The van der Waals surface area contributed by atoms with Crippen molar-refractivity contribution in [1.82, 2.24) is 5.32 Å². The highest BCUT2D eigenvalue weighted by molar-refractivity contribution is 5.08. The van der Waals surface area contributed by atoms with Crippen LogP contribution in [0.1, 0.15) is 33.6 Å². The maximum absolute atomic E-state index is 3.60. The van der Waals surface area contributed by atoms with Crippen LogP contribution in [0.3, 0.4) is 0 Å². The van der Waals surface area contributed by atoms with Gasteiger partial charge in [-0.25, -0.2) is 0 Å². The van der Waals surface area contributed by atoms with Crippen molar-refractivity contribution in [2.75, 3.05) is 6.54 Å². The Morgan fingerprint density at radius 1 is 1.36 bits per heavy atom. The molecule has 2 rings (SSSR count). The molecule has 64 valence electrons. The monoisotopic (exact) mass is 153 g/mol. The van der Waals surface area contributed by atoms with Crippen molar-refractivity contribution < 1.29 is 0 Å². The topological polar surface area (TPSA) is 12.0 Å². The Labute approximate surface area is 69.6 Å². The molecule has 2 aliphatic rings. The summed E-state index contributed by atoms with van der Waals surface area (Å²) in [5.41, 5.74) is 0.744. The number of nitrogens with one attached hydrogen (secondary N) is 1. The highest BCUT2D eigenvalue weighted by Crippen LogP contribution is 2.57. The van der Waals surface area contributed by atoms with Crippen molar-refractivity contribution >= 4 is 0 Å². The third-order valence-electron chi connectivity index (χ3n) is 3.63. The summed E-state index contributed by atoms with van der Waals surface area (Å²) in [7, 11) is 0. The zero-order chi connectivity index (χ0) is 8.06. The smallest absolute Gasteiger partial charge is 0.00754 e. The normalized spacial score (nSPS) is 40.4. The summed E-state index contributed by atoms with van der Waals surface area (Å²) in [5.74, 6) is 1.81. The van der Waals surface area contributed by atoms with Crippen LogP contribution < -0.4 is 5.32 Å². The quantitative estimate of drug-likeness (QED) is 0.608. The Bertz CT molecular complexity index is 158. The van der Waals surface area contributed by atoms with E-state index in [4.69, 9.17) is 0 Å². The first-order valence-corrected chi connectivity index (χ1v) is 4.89. The summed E-state index contributed by atoms with van der Waals surface area (Å²) in [6.45, 7) is 8.37. The fourth-order valence-electron chi connectivity index (χ4n) is 3.09. The molecule has 1 aliphatic heterocycles. The first-order chi connectivity index (χ1) is 5.16. The Kier molecular flexibility index (Phi) is 1.54. The minimum atomic E-state index is 0.744. The van der Waals surface area contributed by atoms with Gasteiger partial charge in [0.2, 0.25) is 0 Å². The number of hydrogen-bond donors (Lipinski definition) is 1. The van der Waals surface area contributed by atoms with Crippen molar-refractivity contribution in [3.05, 3.63) is 0 Å². The molecule has 1 saturated carbocycles. The molecule has 1 saturated heterocycles. The van der Waals surface area contributed by atoms with E-state index in [1.54, 1.807) is 0 Å². The highest BCUT2D eigenvalue weighted by Gasteiger charge is 2.55. The first-order valence-electron chi connectivity index (χ1n) is 4.89. The summed E-state index contributed by atoms with van der Waals surface area (Å²) in [5, 5.41) is 3.60. The summed E-state index contributed by atoms with van der Waals surface area (Å²) in [6, 6.07) is 0.762. The Morgan fingerprint density at radius 3 is 2.36 bits per heavy atom. The molecule has 1 N–H and O–H groups in total. The van der Waals surface area contributed by atoms with E-state index >= 15 is 0 Å². The van der Waals surface area contributed by atoms with Gasteiger partial charge >= 0.3 is 0 Å². The van der Waals surface area contributed by atoms with E-state index in [2.05, 4.69) is 26.1 Å². The molecule has 2 fully saturated rings. The van der Waals surface area contributed by atoms with E-state index in [0.29, 0.717) is 0 Å². The van der Waals surface area contributed by atoms with Crippen molar-refractivity contribution in [1.29, 1.82) is 0 Å². The van der Waals surface area contributed by atoms with Gasteiger partial charge in [-0.1, -0.05) is 13.8 Å². The molecule has 1 heteroatoms. The maximum atomic E-state index is 3.60. The SMILES string of the molecule is CC(C)[C@H]1[C@H](C)NCC12CC2. The van der Waals surface area contributed by atoms with E-state index in [0.717, 1.165) is 23.3 Å². The number of rotatable bonds is 1. The van der Waals surface area contributed by atoms with Gasteiger partial charge < -0.3 is 5.32 Å². The van der Waals surface area contributed by atoms with Crippen LogP contribution in [0.4, 0.5) is 0 Å². The van der Waals surface area contributed by atoms with Gasteiger partial charge in [-0.15, -0.1) is 0 Å². The molecule has 0 bridgehead atoms. The lowest BCUT2D eigenvalue weighted by atomic mass is 9.80. The van der Waals surface area contributed by atoms with Crippen LogP contribution in [0, 0.1) is 17.3 Å². The third-order valence-corrected chi connectivity index (χ3v) is 3.63. The fourth-order valence-corrected chi connectivity index (χ4v) is 3.09. The molecule has 0 amide bonds. The van der Waals surface area contributed by atoms with Crippen molar-refractivity contribution in [2.45, 2.75) is 39.7 Å². The van der Waals surface area contributed by atoms with E-state index < -0.39 is 0 Å². The van der Waals surface area contributed by atoms with Gasteiger partial charge in [0, 0.05) is 12.6 Å². The zero-order valence-corrected chi connectivity index (χ0v) is 7.85. The standard InChI is InChI=1S/C10H19N/c1-7(2)9-8(3)11-6-10(9)4-5-10/h7-9,11H,4-6H2,1-3H3/t8-,9-/m0/s1. The molecule has 0 aromatic heterocycles. The van der Waals surface area contributed by atoms with Crippen LogP contribution in [0.2, 0.25) is 0 Å². The molecule has 1 nitrogen and oxygen atoms in total. The van der Waals surface area contributed by atoms with Gasteiger partial charge in [-0.05, 0) is 37.0 Å². The first kappa shape index (κ1) is 7.60. The van der Waals surface area contributed by atoms with Gasteiger partial charge in [0.25, 0.3) is 0 Å². The van der Waals surface area contributed by atoms with E-state index in [9.17, 15) is 0 Å². The third kappa shape index (κ3) is 1.01. The molecular formula is C10H19N. The average Bonchev–Trinajstić information content (AvgIpc) is 2.56. The van der Waals surface area contributed by atoms with Gasteiger partial charge in [0.1, 0.15) is 0 Å². The van der Waals surface area contributed by atoms with E-state index in [1.165, 1.54) is 19.4 Å². The van der Waals surface area contributed by atoms with Crippen LogP contribution in [-0.2, 0) is 0 Å². The molecule has 1 spiro atoms. The van der Waals surface area contributed by atoms with Gasteiger partial charge in [0.15, 0.2) is 0 Å². The second kappa shape index (κ2) is 2.22. The summed E-state index contributed by atoms with van der Waals surface area (Å²) in [6.07, 6.45) is 2.96.